The van der Waals surface area contributed by atoms with E-state index in [0.29, 0.717) is 11.6 Å². The minimum Gasteiger partial charge on any atom is -0.475 e. The first-order valence-electron chi connectivity index (χ1n) is 7.97. The van der Waals surface area contributed by atoms with Gasteiger partial charge >= 0.3 is 0 Å². The summed E-state index contributed by atoms with van der Waals surface area (Å²) in [6.45, 7) is 3.90. The van der Waals surface area contributed by atoms with Crippen molar-refractivity contribution in [2.45, 2.75) is 20.0 Å². The fraction of sp³-hybridized carbons (Fsp3) is 0.222. The molecule has 2 aromatic heterocycles. The van der Waals surface area contributed by atoms with Gasteiger partial charge in [0, 0.05) is 34.5 Å². The summed E-state index contributed by atoms with van der Waals surface area (Å²) in [6.07, 6.45) is 2.88. The van der Waals surface area contributed by atoms with Crippen molar-refractivity contribution in [1.82, 2.24) is 9.97 Å². The smallest absolute Gasteiger partial charge is 0.229 e. The lowest BCUT2D eigenvalue weighted by Gasteiger charge is -2.08. The number of thiazole rings is 1. The van der Waals surface area contributed by atoms with Crippen molar-refractivity contribution in [3.8, 4) is 27.7 Å². The van der Waals surface area contributed by atoms with Crippen molar-refractivity contribution in [3.05, 3.63) is 48.0 Å². The summed E-state index contributed by atoms with van der Waals surface area (Å²) in [7, 11) is -3.32. The standard InChI is InChI=1S/C18H19N3O3S2/c1-12(2)24-17-10-14(7-8-19-17)18-20-16(11-25-18)13-5-4-6-15(9-13)21-26(3,22)23/h4-12,21H,1-3H3. The molecule has 0 unspecified atom stereocenters. The lowest BCUT2D eigenvalue weighted by atomic mass is 10.1. The highest BCUT2D eigenvalue weighted by Gasteiger charge is 2.10. The van der Waals surface area contributed by atoms with Crippen molar-refractivity contribution in [3.63, 3.8) is 0 Å². The Labute approximate surface area is 157 Å². The maximum Gasteiger partial charge on any atom is 0.229 e. The van der Waals surface area contributed by atoms with Crippen LogP contribution in [0.4, 0.5) is 5.69 Å². The molecule has 0 aliphatic carbocycles. The first kappa shape index (κ1) is 18.3. The molecule has 6 nitrogen and oxygen atoms in total. The maximum absolute atomic E-state index is 11.4. The third-order valence-electron chi connectivity index (χ3n) is 3.30. The summed E-state index contributed by atoms with van der Waals surface area (Å²) in [5.74, 6) is 0.564. The lowest BCUT2D eigenvalue weighted by Crippen LogP contribution is -2.09. The number of pyridine rings is 1. The molecule has 136 valence electrons. The van der Waals surface area contributed by atoms with E-state index < -0.39 is 10.0 Å². The Bertz CT molecular complexity index is 1010. The molecular formula is C18H19N3O3S2. The van der Waals surface area contributed by atoms with Gasteiger partial charge in [0.05, 0.1) is 18.1 Å². The largest absolute Gasteiger partial charge is 0.475 e. The molecule has 0 amide bonds. The highest BCUT2D eigenvalue weighted by Crippen LogP contribution is 2.31. The molecule has 2 heterocycles. The number of rotatable bonds is 6. The van der Waals surface area contributed by atoms with E-state index >= 15 is 0 Å². The van der Waals surface area contributed by atoms with Crippen molar-refractivity contribution in [2.24, 2.45) is 0 Å². The molecule has 8 heteroatoms. The number of nitrogens with zero attached hydrogens (tertiary/aromatic N) is 2. The zero-order valence-corrected chi connectivity index (χ0v) is 16.3. The monoisotopic (exact) mass is 389 g/mol. The molecule has 0 fully saturated rings. The van der Waals surface area contributed by atoms with Gasteiger partial charge in [-0.05, 0) is 32.0 Å². The average Bonchev–Trinajstić information content (AvgIpc) is 3.03. The topological polar surface area (TPSA) is 81.2 Å². The summed E-state index contributed by atoms with van der Waals surface area (Å²) in [4.78, 5) is 8.87. The van der Waals surface area contributed by atoms with Crippen LogP contribution < -0.4 is 9.46 Å². The highest BCUT2D eigenvalue weighted by molar-refractivity contribution is 7.92. The van der Waals surface area contributed by atoms with Crippen molar-refractivity contribution in [2.75, 3.05) is 11.0 Å². The first-order chi connectivity index (χ1) is 12.3. The fourth-order valence-corrected chi connectivity index (χ4v) is 3.72. The van der Waals surface area contributed by atoms with Gasteiger partial charge in [0.15, 0.2) is 0 Å². The quantitative estimate of drug-likeness (QED) is 0.688. The molecule has 0 spiro atoms. The molecule has 0 saturated carbocycles. The van der Waals surface area contributed by atoms with Crippen LogP contribution in [0.3, 0.4) is 0 Å². The van der Waals surface area contributed by atoms with Crippen LogP contribution in [0.1, 0.15) is 13.8 Å². The number of nitrogens with one attached hydrogen (secondary N) is 1. The summed E-state index contributed by atoms with van der Waals surface area (Å²) < 4.78 is 30.9. The van der Waals surface area contributed by atoms with E-state index in [0.717, 1.165) is 28.1 Å². The number of anilines is 1. The summed E-state index contributed by atoms with van der Waals surface area (Å²) in [5, 5.41) is 2.79. The number of aromatic nitrogens is 2. The van der Waals surface area contributed by atoms with E-state index in [9.17, 15) is 8.42 Å². The summed E-state index contributed by atoms with van der Waals surface area (Å²) in [6, 6.07) is 10.9. The van der Waals surface area contributed by atoms with Crippen LogP contribution >= 0.6 is 11.3 Å². The van der Waals surface area contributed by atoms with Gasteiger partial charge in [-0.1, -0.05) is 12.1 Å². The molecule has 0 radical (unpaired) electrons. The molecule has 0 bridgehead atoms. The second-order valence-corrected chi connectivity index (χ2v) is 8.65. The van der Waals surface area contributed by atoms with Crippen LogP contribution in [0.15, 0.2) is 48.0 Å². The van der Waals surface area contributed by atoms with Crippen LogP contribution in [-0.2, 0) is 10.0 Å². The van der Waals surface area contributed by atoms with E-state index in [1.54, 1.807) is 24.4 Å². The Morgan fingerprint density at radius 3 is 2.69 bits per heavy atom. The second-order valence-electron chi connectivity index (χ2n) is 6.04. The third kappa shape index (κ3) is 4.80. The lowest BCUT2D eigenvalue weighted by molar-refractivity contribution is 0.233. The van der Waals surface area contributed by atoms with Crippen molar-refractivity contribution in [1.29, 1.82) is 0 Å². The van der Waals surface area contributed by atoms with Crippen molar-refractivity contribution < 1.29 is 13.2 Å². The minimum absolute atomic E-state index is 0.0506. The summed E-state index contributed by atoms with van der Waals surface area (Å²) >= 11 is 1.51. The number of hydrogen-bond acceptors (Lipinski definition) is 6. The Balaban J connectivity index is 1.88. The van der Waals surface area contributed by atoms with Gasteiger partial charge in [-0.3, -0.25) is 4.72 Å². The first-order valence-corrected chi connectivity index (χ1v) is 10.7. The zero-order chi connectivity index (χ0) is 18.7. The van der Waals surface area contributed by atoms with Crippen LogP contribution in [0, 0.1) is 0 Å². The Morgan fingerprint density at radius 1 is 1.15 bits per heavy atom. The van der Waals surface area contributed by atoms with Gasteiger partial charge in [0.1, 0.15) is 5.01 Å². The number of ether oxygens (including phenoxy) is 1. The SMILES string of the molecule is CC(C)Oc1cc(-c2nc(-c3cccc(NS(C)(=O)=O)c3)cs2)ccn1. The third-order valence-corrected chi connectivity index (χ3v) is 4.80. The van der Waals surface area contributed by atoms with E-state index in [2.05, 4.69) is 14.7 Å². The van der Waals surface area contributed by atoms with Crippen LogP contribution in [0.2, 0.25) is 0 Å². The fourth-order valence-electron chi connectivity index (χ4n) is 2.34. The van der Waals surface area contributed by atoms with E-state index in [4.69, 9.17) is 4.74 Å². The predicted molar refractivity (Wildman–Crippen MR) is 105 cm³/mol. The molecule has 1 aromatic carbocycles. The van der Waals surface area contributed by atoms with Gasteiger partial charge in [-0.15, -0.1) is 11.3 Å². The number of hydrogen-bond donors (Lipinski definition) is 1. The predicted octanol–water partition coefficient (Wildman–Crippen LogP) is 4.03. The molecule has 0 aliphatic heterocycles. The highest BCUT2D eigenvalue weighted by atomic mass is 32.2. The van der Waals surface area contributed by atoms with Gasteiger partial charge in [-0.25, -0.2) is 18.4 Å². The Kier molecular flexibility index (Phi) is 5.24. The average molecular weight is 390 g/mol. The molecule has 0 aliphatic rings. The maximum atomic E-state index is 11.4. The van der Waals surface area contributed by atoms with Crippen molar-refractivity contribution >= 4 is 27.0 Å². The molecule has 26 heavy (non-hydrogen) atoms. The number of sulfonamides is 1. The van der Waals surface area contributed by atoms with E-state index in [1.165, 1.54) is 11.3 Å². The van der Waals surface area contributed by atoms with Crippen LogP contribution in [-0.4, -0.2) is 30.7 Å². The molecule has 3 aromatic rings. The second kappa shape index (κ2) is 7.43. The molecule has 0 saturated heterocycles. The van der Waals surface area contributed by atoms with Gasteiger partial charge in [0.2, 0.25) is 15.9 Å². The van der Waals surface area contributed by atoms with E-state index in [1.807, 2.05) is 37.4 Å². The Hall–Kier alpha value is -2.45. The van der Waals surface area contributed by atoms with Gasteiger partial charge in [-0.2, -0.15) is 0 Å². The zero-order valence-electron chi connectivity index (χ0n) is 14.6. The molecule has 0 atom stereocenters. The van der Waals surface area contributed by atoms with Crippen LogP contribution in [0.5, 0.6) is 5.88 Å². The van der Waals surface area contributed by atoms with Gasteiger partial charge in [0.25, 0.3) is 0 Å². The normalized spacial score (nSPS) is 11.5. The summed E-state index contributed by atoms with van der Waals surface area (Å²) in [5.41, 5.74) is 3.06. The molecule has 1 N–H and O–H groups in total. The molecular weight excluding hydrogens is 370 g/mol. The van der Waals surface area contributed by atoms with Gasteiger partial charge < -0.3 is 4.74 Å². The Morgan fingerprint density at radius 2 is 1.96 bits per heavy atom. The molecule has 3 rings (SSSR count). The number of benzene rings is 1. The minimum atomic E-state index is -3.32. The van der Waals surface area contributed by atoms with E-state index in [-0.39, 0.29) is 6.10 Å². The van der Waals surface area contributed by atoms with Crippen LogP contribution in [0.25, 0.3) is 21.8 Å².